The van der Waals surface area contributed by atoms with Crippen LogP contribution in [0.2, 0.25) is 0 Å². The van der Waals surface area contributed by atoms with Crippen molar-refractivity contribution in [3.05, 3.63) is 53.3 Å². The third-order valence-electron chi connectivity index (χ3n) is 4.67. The van der Waals surface area contributed by atoms with Crippen LogP contribution in [0.4, 0.5) is 5.69 Å². The maximum absolute atomic E-state index is 10.1. The molecule has 3 rings (SSSR count). The Bertz CT molecular complexity index is 634. The standard InChI is InChI=1S/C18H23N3O/c1-14-11-16(18(22)12-15(14)2)13-20-7-9-21(10-8-20)17-3-5-19-6-4-17/h3-6,11-12,22H,7-10,13H2,1-2H3/p+2. The fourth-order valence-corrected chi connectivity index (χ4v) is 3.12. The summed E-state index contributed by atoms with van der Waals surface area (Å²) >= 11 is 0. The molecule has 2 heterocycles. The number of quaternary nitrogens is 1. The third kappa shape index (κ3) is 3.22. The average Bonchev–Trinajstić information content (AvgIpc) is 2.54. The highest BCUT2D eigenvalue weighted by molar-refractivity contribution is 5.44. The van der Waals surface area contributed by atoms with Gasteiger partial charge in [-0.2, -0.15) is 0 Å². The van der Waals surface area contributed by atoms with Gasteiger partial charge in [-0.05, 0) is 37.1 Å². The molecule has 1 aromatic carbocycles. The molecule has 0 radical (unpaired) electrons. The summed E-state index contributed by atoms with van der Waals surface area (Å²) in [6.45, 7) is 9.38. The molecule has 3 N–H and O–H groups in total. The Labute approximate surface area is 132 Å². The van der Waals surface area contributed by atoms with Crippen LogP contribution in [-0.4, -0.2) is 31.3 Å². The number of phenols is 1. The van der Waals surface area contributed by atoms with Crippen molar-refractivity contribution in [2.75, 3.05) is 31.1 Å². The SMILES string of the molecule is Cc1cc(O)c(C[NH+]2CCN(c3cc[nH+]cc3)CC2)cc1C. The highest BCUT2D eigenvalue weighted by Gasteiger charge is 2.21. The van der Waals surface area contributed by atoms with E-state index in [2.05, 4.69) is 35.0 Å². The van der Waals surface area contributed by atoms with E-state index in [-0.39, 0.29) is 0 Å². The summed E-state index contributed by atoms with van der Waals surface area (Å²) in [6, 6.07) is 8.28. The summed E-state index contributed by atoms with van der Waals surface area (Å²) < 4.78 is 0. The first kappa shape index (κ1) is 14.9. The fourth-order valence-electron chi connectivity index (χ4n) is 3.12. The lowest BCUT2D eigenvalue weighted by Gasteiger charge is -2.33. The van der Waals surface area contributed by atoms with Gasteiger partial charge >= 0.3 is 0 Å². The van der Waals surface area contributed by atoms with Gasteiger partial charge in [-0.1, -0.05) is 0 Å². The maximum atomic E-state index is 10.1. The summed E-state index contributed by atoms with van der Waals surface area (Å²) in [5.74, 6) is 0.441. The quantitative estimate of drug-likeness (QED) is 0.877. The van der Waals surface area contributed by atoms with Gasteiger partial charge in [0, 0.05) is 23.4 Å². The summed E-state index contributed by atoms with van der Waals surface area (Å²) in [4.78, 5) is 7.04. The molecule has 0 bridgehead atoms. The molecule has 0 spiro atoms. The van der Waals surface area contributed by atoms with Crippen LogP contribution in [0.1, 0.15) is 16.7 Å². The number of nitrogens with zero attached hydrogens (tertiary/aromatic N) is 1. The molecule has 1 aromatic heterocycles. The number of aromatic amines is 1. The zero-order valence-corrected chi connectivity index (χ0v) is 13.4. The van der Waals surface area contributed by atoms with E-state index >= 15 is 0 Å². The minimum Gasteiger partial charge on any atom is -0.507 e. The van der Waals surface area contributed by atoms with Crippen molar-refractivity contribution >= 4 is 5.69 Å². The van der Waals surface area contributed by atoms with E-state index in [9.17, 15) is 5.11 Å². The summed E-state index contributed by atoms with van der Waals surface area (Å²) in [5, 5.41) is 10.1. The van der Waals surface area contributed by atoms with Gasteiger partial charge in [-0.25, -0.2) is 4.98 Å². The van der Waals surface area contributed by atoms with Crippen molar-refractivity contribution < 1.29 is 15.0 Å². The normalized spacial score (nSPS) is 16.0. The molecule has 0 amide bonds. The van der Waals surface area contributed by atoms with E-state index in [0.717, 1.165) is 43.9 Å². The molecule has 4 heteroatoms. The van der Waals surface area contributed by atoms with Gasteiger partial charge in [0.05, 0.1) is 26.2 Å². The number of pyridine rings is 1. The molecule has 0 unspecified atom stereocenters. The summed E-state index contributed by atoms with van der Waals surface area (Å²) in [7, 11) is 0. The Morgan fingerprint density at radius 2 is 1.73 bits per heavy atom. The molecule has 1 fully saturated rings. The maximum Gasteiger partial charge on any atom is 0.169 e. The first-order valence-electron chi connectivity index (χ1n) is 7.97. The number of piperazine rings is 1. The lowest BCUT2D eigenvalue weighted by Crippen LogP contribution is -3.13. The Kier molecular flexibility index (Phi) is 4.29. The lowest BCUT2D eigenvalue weighted by molar-refractivity contribution is -0.914. The van der Waals surface area contributed by atoms with Crippen LogP contribution in [0.25, 0.3) is 0 Å². The van der Waals surface area contributed by atoms with E-state index in [1.54, 1.807) is 0 Å². The number of aromatic nitrogens is 1. The number of hydrogen-bond donors (Lipinski definition) is 2. The first-order valence-corrected chi connectivity index (χ1v) is 7.97. The number of anilines is 1. The van der Waals surface area contributed by atoms with Crippen LogP contribution in [0.3, 0.4) is 0 Å². The fraction of sp³-hybridized carbons (Fsp3) is 0.389. The van der Waals surface area contributed by atoms with Gasteiger partial charge < -0.3 is 14.9 Å². The minimum atomic E-state index is 0.441. The Hall–Kier alpha value is -2.07. The van der Waals surface area contributed by atoms with Crippen LogP contribution in [0, 0.1) is 13.8 Å². The average molecular weight is 299 g/mol. The van der Waals surface area contributed by atoms with Gasteiger partial charge in [-0.3, -0.25) is 0 Å². The third-order valence-corrected chi connectivity index (χ3v) is 4.67. The van der Waals surface area contributed by atoms with Gasteiger partial charge in [0.15, 0.2) is 12.4 Å². The summed E-state index contributed by atoms with van der Waals surface area (Å²) in [5.41, 5.74) is 4.76. The molecule has 0 atom stereocenters. The Balaban J connectivity index is 1.62. The first-order chi connectivity index (χ1) is 10.6. The highest BCUT2D eigenvalue weighted by atomic mass is 16.3. The lowest BCUT2D eigenvalue weighted by atomic mass is 10.0. The number of aryl methyl sites for hydroxylation is 2. The second-order valence-corrected chi connectivity index (χ2v) is 6.24. The molecule has 0 aliphatic carbocycles. The van der Waals surface area contributed by atoms with Crippen LogP contribution in [0.5, 0.6) is 5.75 Å². The topological polar surface area (TPSA) is 42.1 Å². The number of aromatic hydroxyl groups is 1. The van der Waals surface area contributed by atoms with Gasteiger partial charge in [0.2, 0.25) is 0 Å². The summed E-state index contributed by atoms with van der Waals surface area (Å²) in [6.07, 6.45) is 3.95. The van der Waals surface area contributed by atoms with Crippen molar-refractivity contribution in [2.45, 2.75) is 20.4 Å². The molecular weight excluding hydrogens is 274 g/mol. The van der Waals surface area contributed by atoms with Crippen molar-refractivity contribution in [1.29, 1.82) is 0 Å². The molecule has 116 valence electrons. The van der Waals surface area contributed by atoms with Crippen molar-refractivity contribution in [1.82, 2.24) is 0 Å². The predicted octanol–water partition coefficient (Wildman–Crippen LogP) is 0.728. The number of H-pyrrole nitrogens is 1. The molecule has 2 aromatic rings. The monoisotopic (exact) mass is 299 g/mol. The Morgan fingerprint density at radius 1 is 1.09 bits per heavy atom. The molecular formula is C18H25N3O+2. The smallest absolute Gasteiger partial charge is 0.169 e. The number of benzene rings is 1. The Morgan fingerprint density at radius 3 is 2.41 bits per heavy atom. The molecule has 1 aliphatic rings. The second-order valence-electron chi connectivity index (χ2n) is 6.24. The number of nitrogens with one attached hydrogen (secondary N) is 2. The van der Waals surface area contributed by atoms with Crippen molar-refractivity contribution in [2.24, 2.45) is 0 Å². The van der Waals surface area contributed by atoms with Gasteiger partial charge in [0.25, 0.3) is 0 Å². The molecule has 22 heavy (non-hydrogen) atoms. The van der Waals surface area contributed by atoms with Crippen molar-refractivity contribution in [3.8, 4) is 5.75 Å². The number of phenolic OH excluding ortho intramolecular Hbond substituents is 1. The van der Waals surface area contributed by atoms with Crippen LogP contribution >= 0.6 is 0 Å². The van der Waals surface area contributed by atoms with E-state index in [4.69, 9.17) is 0 Å². The van der Waals surface area contributed by atoms with Gasteiger partial charge in [0.1, 0.15) is 12.3 Å². The second kappa shape index (κ2) is 6.36. The number of rotatable bonds is 3. The van der Waals surface area contributed by atoms with E-state index < -0.39 is 0 Å². The van der Waals surface area contributed by atoms with Gasteiger partial charge in [-0.15, -0.1) is 0 Å². The highest BCUT2D eigenvalue weighted by Crippen LogP contribution is 2.21. The predicted molar refractivity (Wildman–Crippen MR) is 87.2 cm³/mol. The minimum absolute atomic E-state index is 0.441. The number of hydrogen-bond acceptors (Lipinski definition) is 2. The van der Waals surface area contributed by atoms with E-state index in [1.807, 2.05) is 25.4 Å². The zero-order chi connectivity index (χ0) is 15.5. The largest absolute Gasteiger partial charge is 0.507 e. The van der Waals surface area contributed by atoms with Crippen LogP contribution in [-0.2, 0) is 6.54 Å². The van der Waals surface area contributed by atoms with Crippen LogP contribution in [0.15, 0.2) is 36.7 Å². The van der Waals surface area contributed by atoms with E-state index in [1.165, 1.54) is 16.2 Å². The molecule has 0 saturated carbocycles. The molecule has 4 nitrogen and oxygen atoms in total. The molecule has 1 saturated heterocycles. The zero-order valence-electron chi connectivity index (χ0n) is 13.4. The van der Waals surface area contributed by atoms with Crippen molar-refractivity contribution in [3.63, 3.8) is 0 Å². The van der Waals surface area contributed by atoms with E-state index in [0.29, 0.717) is 5.75 Å². The van der Waals surface area contributed by atoms with Crippen LogP contribution < -0.4 is 14.8 Å². The molecule has 1 aliphatic heterocycles.